The van der Waals surface area contributed by atoms with Crippen LogP contribution < -0.4 is 4.90 Å². The molecule has 0 fully saturated rings. The Balaban J connectivity index is 1.36. The first-order valence-corrected chi connectivity index (χ1v) is 17.5. The van der Waals surface area contributed by atoms with Crippen molar-refractivity contribution in [1.82, 2.24) is 0 Å². The monoisotopic (exact) mass is 809 g/mol. The van der Waals surface area contributed by atoms with Crippen molar-refractivity contribution in [3.63, 3.8) is 0 Å². The third-order valence-corrected chi connectivity index (χ3v) is 9.70. The lowest BCUT2D eigenvalue weighted by Gasteiger charge is -2.29. The highest BCUT2D eigenvalue weighted by molar-refractivity contribution is 6.18. The van der Waals surface area contributed by atoms with Crippen LogP contribution >= 0.6 is 0 Å². The summed E-state index contributed by atoms with van der Waals surface area (Å²) >= 11 is 0. The van der Waals surface area contributed by atoms with Crippen molar-refractivity contribution in [2.75, 3.05) is 4.90 Å². The van der Waals surface area contributed by atoms with Gasteiger partial charge in [-0.3, -0.25) is 0 Å². The lowest BCUT2D eigenvalue weighted by molar-refractivity contribution is 0.660. The molecule has 0 aliphatic heterocycles. The first-order chi connectivity index (χ1) is 45.8. The van der Waals surface area contributed by atoms with Crippen molar-refractivity contribution < 1.29 is 62.3 Å². The van der Waals surface area contributed by atoms with Gasteiger partial charge in [0.2, 0.25) is 0 Å². The molecule has 0 saturated heterocycles. The molecule has 284 valence electrons. The highest BCUT2D eigenvalue weighted by atomic mass is 16.3. The molecule has 11 aromatic rings. The van der Waals surface area contributed by atoms with Crippen LogP contribution in [0.25, 0.3) is 88.4 Å². The fourth-order valence-corrected chi connectivity index (χ4v) is 7.06. The lowest BCUT2D eigenvalue weighted by atomic mass is 9.82. The Hall–Kier alpha value is -7.62. The molecule has 0 bridgehead atoms. The number of nitrogens with zero attached hydrogens (tertiary/aromatic N) is 1. The van der Waals surface area contributed by atoms with Crippen LogP contribution in [0, 0.1) is 0 Å². The Labute approximate surface area is 403 Å². The van der Waals surface area contributed by atoms with Crippen molar-refractivity contribution in [2.45, 2.75) is 19.1 Å². The van der Waals surface area contributed by atoms with Gasteiger partial charge in [0.15, 0.2) is 0 Å². The molecule has 3 nitrogen and oxygen atoms in total. The van der Waals surface area contributed by atoms with Crippen LogP contribution in [-0.4, -0.2) is 0 Å². The number of rotatable bonds is 6. The molecule has 0 spiro atoms. The van der Waals surface area contributed by atoms with Gasteiger partial charge in [-0.2, -0.15) is 0 Å². The SMILES string of the molecule is [2H]c1c([2H])c([2H])c(-c2c([2H])c([2H])c(N(c3c([2H])c([2H])c4c(c3[2H])C(C([2H])([2H])[2H])(C([2H])([2H])[2H])c3c([2H])c([2H])c([2H])c([2H])c3-4)c3c([2H])c([2H])c(-c4c([2H])c([2H])c([2H])c([2H])c4-c4c([2H])c([2H])c5oc6c([2H])c([2H])c([2H])c([2H])c6c5c4[2H])c4oc5c([2H])c([2H])c([2H])c([2H])c5c34)c([2H])c2[2H])c([2H])c1[2H]. The molecule has 0 atom stereocenters. The predicted molar refractivity (Wildman–Crippen MR) is 250 cm³/mol. The molecule has 12 rings (SSSR count). The minimum absolute atomic E-state index is 0.164. The summed E-state index contributed by atoms with van der Waals surface area (Å²) in [5.41, 5.74) is -22.7. The average Bonchev–Trinajstić information content (AvgIpc) is 1.51. The van der Waals surface area contributed by atoms with Gasteiger partial charge in [0.1, 0.15) is 22.3 Å². The van der Waals surface area contributed by atoms with Crippen LogP contribution in [-0.2, 0) is 5.41 Å². The van der Waals surface area contributed by atoms with E-state index in [1.165, 1.54) is 0 Å². The van der Waals surface area contributed by atoms with Gasteiger partial charge in [0.25, 0.3) is 0 Å². The van der Waals surface area contributed by atoms with Crippen molar-refractivity contribution >= 4 is 60.9 Å². The lowest BCUT2D eigenvalue weighted by Crippen LogP contribution is -2.16. The summed E-state index contributed by atoms with van der Waals surface area (Å²) in [7, 11) is 0. The molecule has 0 amide bonds. The molecule has 1 aliphatic carbocycles. The van der Waals surface area contributed by atoms with E-state index in [2.05, 4.69) is 0 Å². The van der Waals surface area contributed by atoms with Crippen molar-refractivity contribution in [2.24, 2.45) is 0 Å². The molecule has 9 aromatic carbocycles. The summed E-state index contributed by atoms with van der Waals surface area (Å²) in [6.45, 7) is -8.28. The smallest absolute Gasteiger partial charge is 0.145 e. The Morgan fingerprint density at radius 3 is 1.83 bits per heavy atom. The molecule has 60 heavy (non-hydrogen) atoms. The second-order valence-electron chi connectivity index (χ2n) is 13.0. The number of hydrogen-bond donors (Lipinski definition) is 0. The largest absolute Gasteiger partial charge is 0.456 e. The fourth-order valence-electron chi connectivity index (χ4n) is 7.06. The Morgan fingerprint density at radius 2 is 1.02 bits per heavy atom. The molecule has 0 N–H and O–H groups in total. The minimum atomic E-state index is -4.14. The maximum Gasteiger partial charge on any atom is 0.145 e. The first-order valence-electron chi connectivity index (χ1n) is 37.0. The summed E-state index contributed by atoms with van der Waals surface area (Å²) in [6.07, 6.45) is 0. The second kappa shape index (κ2) is 13.2. The zero-order valence-corrected chi connectivity index (χ0v) is 29.8. The number of benzene rings is 9. The van der Waals surface area contributed by atoms with E-state index in [9.17, 15) is 21.9 Å². The van der Waals surface area contributed by atoms with Crippen LogP contribution in [0.5, 0.6) is 0 Å². The highest BCUT2D eigenvalue weighted by Gasteiger charge is 2.36. The average molecular weight is 809 g/mol. The van der Waals surface area contributed by atoms with E-state index in [1.807, 2.05) is 0 Å². The van der Waals surface area contributed by atoms with Crippen molar-refractivity contribution in [3.05, 3.63) is 211 Å². The normalized spacial score (nSPS) is 22.6. The van der Waals surface area contributed by atoms with E-state index in [0.717, 1.165) is 0 Å². The Bertz CT molecular complexity index is 5570. The molecular weight excluding hydrogens is 731 g/mol. The van der Waals surface area contributed by atoms with Gasteiger partial charge in [-0.15, -0.1) is 0 Å². The molecule has 0 unspecified atom stereocenters. The standard InChI is InChI=1S/C57H39NO2/c1-57(2)49-21-11-8-18-43(49)44-30-29-40(35-50(44)57)58(39-27-24-37(25-28-39)36-14-4-3-5-15-36)51-32-31-46(56-55(51)47-20-10-13-23-53(47)60-56)42-17-7-6-16-41(42)38-26-33-54-48(34-38)45-19-9-12-22-52(45)59-54/h3-35H,1-2H3/i1D3,2D3,3D,4D,5D,6D,7D,8D,9D,10D,11D,12D,13D,14D,15D,16D,17D,18D,19D,20D,21D,22D,23D,24D,25D,26D,27D,28D,29D,30D,31D,32D,33D,34D,35D. The van der Waals surface area contributed by atoms with Gasteiger partial charge in [-0.25, -0.2) is 0 Å². The Morgan fingerprint density at radius 1 is 0.417 bits per heavy atom. The van der Waals surface area contributed by atoms with Gasteiger partial charge < -0.3 is 13.7 Å². The van der Waals surface area contributed by atoms with Crippen LogP contribution in [0.1, 0.15) is 78.3 Å². The Kier molecular flexibility index (Phi) is 2.90. The van der Waals surface area contributed by atoms with E-state index in [4.69, 9.17) is 40.4 Å². The summed E-state index contributed by atoms with van der Waals surface area (Å²) < 4.78 is 371. The fraction of sp³-hybridized carbons (Fsp3) is 0.0526. The van der Waals surface area contributed by atoms with Gasteiger partial charge in [0.05, 0.1) is 56.3 Å². The topological polar surface area (TPSA) is 29.5 Å². The second-order valence-corrected chi connectivity index (χ2v) is 13.0. The number of furan rings is 2. The van der Waals surface area contributed by atoms with Crippen molar-refractivity contribution in [1.29, 1.82) is 0 Å². The van der Waals surface area contributed by atoms with E-state index < -0.39 is 335 Å². The third kappa shape index (κ3) is 5.22. The first kappa shape index (κ1) is 13.2. The van der Waals surface area contributed by atoms with Crippen molar-refractivity contribution in [3.8, 4) is 44.5 Å². The van der Waals surface area contributed by atoms with Gasteiger partial charge >= 0.3 is 0 Å². The number of anilines is 3. The van der Waals surface area contributed by atoms with Gasteiger partial charge in [-0.05, 0) is 110 Å². The van der Waals surface area contributed by atoms with Crippen LogP contribution in [0.15, 0.2) is 208 Å². The number of fused-ring (bicyclic) bond motifs is 9. The van der Waals surface area contributed by atoms with Gasteiger partial charge in [-0.1, -0.05) is 153 Å². The number of hydrogen-bond acceptors (Lipinski definition) is 3. The van der Waals surface area contributed by atoms with E-state index in [-0.39, 0.29) is 4.90 Å². The maximum absolute atomic E-state index is 10.4. The highest BCUT2D eigenvalue weighted by Crippen LogP contribution is 2.52. The summed E-state index contributed by atoms with van der Waals surface area (Å²) in [6, 6.07) is -39.4. The number of para-hydroxylation sites is 2. The molecule has 2 aromatic heterocycles. The third-order valence-electron chi connectivity index (χ3n) is 9.70. The van der Waals surface area contributed by atoms with Crippen LogP contribution in [0.3, 0.4) is 0 Å². The maximum atomic E-state index is 10.4. The summed E-state index contributed by atoms with van der Waals surface area (Å²) in [5, 5.41) is -3.23. The van der Waals surface area contributed by atoms with E-state index in [0.29, 0.717) is 0 Å². The zero-order chi connectivity index (χ0) is 73.7. The van der Waals surface area contributed by atoms with Gasteiger partial charge in [0, 0.05) is 46.7 Å². The van der Waals surface area contributed by atoms with E-state index >= 15 is 0 Å². The minimum Gasteiger partial charge on any atom is -0.456 e. The van der Waals surface area contributed by atoms with Crippen LogP contribution in [0.2, 0.25) is 0 Å². The molecule has 2 heterocycles. The molecule has 3 heteroatoms. The molecule has 1 aliphatic rings. The summed E-state index contributed by atoms with van der Waals surface area (Å²) in [4.78, 5) is 0.164. The van der Waals surface area contributed by atoms with Crippen LogP contribution in [0.4, 0.5) is 17.1 Å². The quantitative estimate of drug-likeness (QED) is 0.168. The predicted octanol–water partition coefficient (Wildman–Crippen LogP) is 16.3. The molecule has 0 saturated carbocycles. The molecule has 0 radical (unpaired) electrons. The zero-order valence-electron chi connectivity index (χ0n) is 68.8. The molecular formula is C57H39NO2. The summed E-state index contributed by atoms with van der Waals surface area (Å²) in [5.74, 6) is 0. The van der Waals surface area contributed by atoms with E-state index in [1.54, 1.807) is 0 Å².